The van der Waals surface area contributed by atoms with Crippen LogP contribution in [0.15, 0.2) is 47.3 Å². The third kappa shape index (κ3) is 15.2. The van der Waals surface area contributed by atoms with Crippen LogP contribution in [0.3, 0.4) is 0 Å². The van der Waals surface area contributed by atoms with Crippen molar-refractivity contribution >= 4 is 57.4 Å². The Morgan fingerprint density at radius 3 is 1.34 bits per heavy atom. The highest BCUT2D eigenvalue weighted by molar-refractivity contribution is 5.92. The van der Waals surface area contributed by atoms with E-state index in [0.717, 1.165) is 11.1 Å². The Balaban J connectivity index is 1.60. The van der Waals surface area contributed by atoms with Crippen molar-refractivity contribution in [3.63, 3.8) is 0 Å². The van der Waals surface area contributed by atoms with Gasteiger partial charge < -0.3 is 35.1 Å². The predicted octanol–water partition coefficient (Wildman–Crippen LogP) is 0.606. The van der Waals surface area contributed by atoms with E-state index in [1.54, 1.807) is 47.6 Å². The summed E-state index contributed by atoms with van der Waals surface area (Å²) >= 11 is 0. The van der Waals surface area contributed by atoms with E-state index in [1.165, 1.54) is 0 Å². The number of aromatic amines is 1. The minimum Gasteiger partial charge on any atom is -0.464 e. The Hall–Kier alpha value is -5.43. The van der Waals surface area contributed by atoms with Crippen LogP contribution in [-0.2, 0) is 49.5 Å². The summed E-state index contributed by atoms with van der Waals surface area (Å²) in [5, 5.41) is 9.34. The van der Waals surface area contributed by atoms with Crippen LogP contribution in [0.4, 0.5) is 0 Å². The average Bonchev–Trinajstić information content (AvgIpc) is 3.21. The van der Waals surface area contributed by atoms with E-state index < -0.39 is 41.9 Å². The summed E-state index contributed by atoms with van der Waals surface area (Å²) in [6.07, 6.45) is 0. The molecule has 18 heteroatoms. The molecule has 1 aliphatic heterocycles. The standard InChI is InChI=1S/C43H62N8O10/c1-7-59-41(56)29(4)44-37(52)26-49-18-16-48(25-32-14-15-34-36(24-32)47-35-13-11-10-12-33(35)40(34)55)17-19-50(27-38(53)45-30(5)42(57)60-8-2)21-23-51(22-20-49)28-39(54)46-31(6)43(58)61-9-3/h10-15,24,29-31H,7-9,16-23,25-28H2,1-6H3,(H,44,52)(H,45,53)(H,46,54)(H,47,55)/t29-,30-,31-/m0/s1. The molecule has 4 rings (SSSR count). The van der Waals surface area contributed by atoms with Crippen LogP contribution in [0.1, 0.15) is 47.1 Å². The summed E-state index contributed by atoms with van der Waals surface area (Å²) in [4.78, 5) is 102. The molecule has 0 saturated carbocycles. The SMILES string of the molecule is CCOC(=O)[C@H](C)NC(=O)CN1CCN(CC(=O)N[C@@H](C)C(=O)OCC)CCN(Cc2ccc3c(=O)c4ccccc4[nH]c3c2)CCN(CC(=O)N[C@@H](C)C(=O)OCC)CC1. The summed E-state index contributed by atoms with van der Waals surface area (Å²) in [5.41, 5.74) is 2.33. The molecule has 1 saturated heterocycles. The molecule has 334 valence electrons. The van der Waals surface area contributed by atoms with E-state index in [0.29, 0.717) is 75.2 Å². The lowest BCUT2D eigenvalue weighted by atomic mass is 10.1. The number of aromatic nitrogens is 1. The van der Waals surface area contributed by atoms with Crippen molar-refractivity contribution in [2.24, 2.45) is 0 Å². The number of rotatable bonds is 17. The Kier molecular flexibility index (Phi) is 19.1. The molecule has 0 spiro atoms. The minimum absolute atomic E-state index is 0.0350. The van der Waals surface area contributed by atoms with Gasteiger partial charge in [-0.2, -0.15) is 0 Å². The lowest BCUT2D eigenvalue weighted by molar-refractivity contribution is -0.147. The average molecular weight is 851 g/mol. The van der Waals surface area contributed by atoms with Crippen molar-refractivity contribution in [3.8, 4) is 0 Å². The van der Waals surface area contributed by atoms with E-state index >= 15 is 0 Å². The normalized spacial score (nSPS) is 16.6. The minimum atomic E-state index is -0.865. The molecule has 1 aromatic heterocycles. The number of nitrogens with one attached hydrogen (secondary N) is 4. The third-order valence-corrected chi connectivity index (χ3v) is 10.3. The molecule has 2 aromatic carbocycles. The Morgan fingerprint density at radius 2 is 0.934 bits per heavy atom. The van der Waals surface area contributed by atoms with E-state index in [1.807, 2.05) is 51.1 Å². The Bertz CT molecular complexity index is 1990. The van der Waals surface area contributed by atoms with Crippen molar-refractivity contribution in [2.75, 3.05) is 91.8 Å². The van der Waals surface area contributed by atoms with Gasteiger partial charge in [0.05, 0.1) is 45.0 Å². The fourth-order valence-electron chi connectivity index (χ4n) is 6.99. The molecule has 18 nitrogen and oxygen atoms in total. The van der Waals surface area contributed by atoms with Crippen LogP contribution in [0, 0.1) is 0 Å². The second-order valence-corrected chi connectivity index (χ2v) is 15.1. The Morgan fingerprint density at radius 1 is 0.557 bits per heavy atom. The van der Waals surface area contributed by atoms with Gasteiger partial charge in [0.1, 0.15) is 18.1 Å². The van der Waals surface area contributed by atoms with Gasteiger partial charge in [0.2, 0.25) is 17.7 Å². The summed E-state index contributed by atoms with van der Waals surface area (Å²) < 4.78 is 15.2. The van der Waals surface area contributed by atoms with Gasteiger partial charge >= 0.3 is 17.9 Å². The molecule has 0 radical (unpaired) electrons. The number of carbonyl (C=O) groups excluding carboxylic acids is 6. The quantitative estimate of drug-likeness (QED) is 0.0834. The molecule has 3 amide bonds. The summed E-state index contributed by atoms with van der Waals surface area (Å²) in [6.45, 7) is 13.9. The number of hydrogen-bond acceptors (Lipinski definition) is 14. The number of hydrogen-bond donors (Lipinski definition) is 4. The number of ether oxygens (including phenoxy) is 3. The molecule has 0 unspecified atom stereocenters. The molecule has 61 heavy (non-hydrogen) atoms. The first kappa shape index (κ1) is 48.2. The number of nitrogens with zero attached hydrogens (tertiary/aromatic N) is 4. The van der Waals surface area contributed by atoms with Crippen LogP contribution in [0.25, 0.3) is 21.8 Å². The van der Waals surface area contributed by atoms with Crippen LogP contribution in [-0.4, -0.2) is 170 Å². The van der Waals surface area contributed by atoms with Gasteiger partial charge in [-0.3, -0.25) is 38.8 Å². The molecular weight excluding hydrogens is 789 g/mol. The lowest BCUT2D eigenvalue weighted by Gasteiger charge is -2.34. The molecule has 2 heterocycles. The van der Waals surface area contributed by atoms with E-state index in [9.17, 15) is 33.6 Å². The van der Waals surface area contributed by atoms with Crippen molar-refractivity contribution in [2.45, 2.75) is 66.2 Å². The zero-order chi connectivity index (χ0) is 44.5. The van der Waals surface area contributed by atoms with Gasteiger partial charge in [0.25, 0.3) is 0 Å². The molecule has 4 N–H and O–H groups in total. The number of fused-ring (bicyclic) bond motifs is 2. The number of H-pyrrole nitrogens is 1. The smallest absolute Gasteiger partial charge is 0.328 e. The Labute approximate surface area is 356 Å². The van der Waals surface area contributed by atoms with Gasteiger partial charge in [-0.05, 0) is 71.4 Å². The largest absolute Gasteiger partial charge is 0.464 e. The molecule has 0 aliphatic carbocycles. The fourth-order valence-corrected chi connectivity index (χ4v) is 6.99. The van der Waals surface area contributed by atoms with E-state index in [-0.39, 0.29) is 56.7 Å². The molecule has 0 bridgehead atoms. The van der Waals surface area contributed by atoms with Crippen molar-refractivity contribution in [1.29, 1.82) is 0 Å². The van der Waals surface area contributed by atoms with E-state index in [2.05, 4.69) is 25.8 Å². The maximum absolute atomic E-state index is 13.3. The van der Waals surface area contributed by atoms with Crippen LogP contribution in [0.2, 0.25) is 0 Å². The van der Waals surface area contributed by atoms with Gasteiger partial charge in [-0.15, -0.1) is 0 Å². The van der Waals surface area contributed by atoms with Gasteiger partial charge in [-0.25, -0.2) is 14.4 Å². The molecular formula is C43H62N8O10. The maximum atomic E-state index is 13.3. The van der Waals surface area contributed by atoms with Gasteiger partial charge in [0.15, 0.2) is 5.43 Å². The highest BCUT2D eigenvalue weighted by Gasteiger charge is 2.25. The number of carbonyl (C=O) groups is 6. The highest BCUT2D eigenvalue weighted by Crippen LogP contribution is 2.18. The van der Waals surface area contributed by atoms with Gasteiger partial charge in [0, 0.05) is 75.2 Å². The van der Waals surface area contributed by atoms with Crippen molar-refractivity contribution < 1.29 is 43.0 Å². The summed E-state index contributed by atoms with van der Waals surface area (Å²) in [7, 11) is 0. The number of pyridine rings is 1. The van der Waals surface area contributed by atoms with Crippen LogP contribution < -0.4 is 21.4 Å². The predicted molar refractivity (Wildman–Crippen MR) is 229 cm³/mol. The van der Waals surface area contributed by atoms with Gasteiger partial charge in [-0.1, -0.05) is 18.2 Å². The third-order valence-electron chi connectivity index (χ3n) is 10.3. The lowest BCUT2D eigenvalue weighted by Crippen LogP contribution is -2.52. The van der Waals surface area contributed by atoms with E-state index in [4.69, 9.17) is 14.2 Å². The fraction of sp³-hybridized carbons (Fsp3) is 0.558. The highest BCUT2D eigenvalue weighted by atomic mass is 16.5. The van der Waals surface area contributed by atoms with Crippen LogP contribution >= 0.6 is 0 Å². The zero-order valence-corrected chi connectivity index (χ0v) is 36.3. The molecule has 3 atom stereocenters. The number of benzene rings is 2. The van der Waals surface area contributed by atoms with Crippen molar-refractivity contribution in [3.05, 3.63) is 58.3 Å². The first-order valence-corrected chi connectivity index (χ1v) is 21.0. The number of esters is 3. The molecule has 1 aliphatic rings. The first-order chi connectivity index (χ1) is 29.2. The van der Waals surface area contributed by atoms with Crippen LogP contribution in [0.5, 0.6) is 0 Å². The summed E-state index contributed by atoms with van der Waals surface area (Å²) in [5.74, 6) is -2.77. The topological polar surface area (TPSA) is 212 Å². The monoisotopic (exact) mass is 850 g/mol. The second kappa shape index (κ2) is 24.1. The second-order valence-electron chi connectivity index (χ2n) is 15.1. The molecule has 3 aromatic rings. The maximum Gasteiger partial charge on any atom is 0.328 e. The number of amides is 3. The molecule has 1 fully saturated rings. The zero-order valence-electron chi connectivity index (χ0n) is 36.3. The summed E-state index contributed by atoms with van der Waals surface area (Å²) in [6, 6.07) is 10.5. The first-order valence-electron chi connectivity index (χ1n) is 21.0. The number of para-hydroxylation sites is 1. The van der Waals surface area contributed by atoms with Crippen molar-refractivity contribution in [1.82, 2.24) is 40.5 Å².